The summed E-state index contributed by atoms with van der Waals surface area (Å²) in [4.78, 5) is 37.5. The van der Waals surface area contributed by atoms with Crippen LogP contribution in [0.1, 0.15) is 54.9 Å². The zero-order valence-electron chi connectivity index (χ0n) is 19.3. The van der Waals surface area contributed by atoms with Crippen molar-refractivity contribution < 1.29 is 24.6 Å². The first-order valence-electron chi connectivity index (χ1n) is 11.7. The maximum atomic E-state index is 12.7. The number of nitrogens with zero attached hydrogens (tertiary/aromatic N) is 1. The Kier molecular flexibility index (Phi) is 6.68. The fourth-order valence-electron chi connectivity index (χ4n) is 4.91. The van der Waals surface area contributed by atoms with E-state index in [0.717, 1.165) is 40.3 Å². The van der Waals surface area contributed by atoms with E-state index in [1.54, 1.807) is 29.2 Å². The molecular formula is C28H29NO5. The molecule has 0 bridgehead atoms. The van der Waals surface area contributed by atoms with E-state index in [0.29, 0.717) is 25.8 Å². The summed E-state index contributed by atoms with van der Waals surface area (Å²) in [6.07, 6.45) is 3.34. The minimum absolute atomic E-state index is 0.0345. The highest BCUT2D eigenvalue weighted by Crippen LogP contribution is 2.39. The van der Waals surface area contributed by atoms with Crippen LogP contribution in [0.5, 0.6) is 0 Å². The molecule has 1 aliphatic carbocycles. The Balaban J connectivity index is 1.57. The van der Waals surface area contributed by atoms with Gasteiger partial charge >= 0.3 is 11.9 Å². The van der Waals surface area contributed by atoms with Crippen molar-refractivity contribution in [2.75, 3.05) is 6.54 Å². The Morgan fingerprint density at radius 3 is 2.09 bits per heavy atom. The Morgan fingerprint density at radius 2 is 1.47 bits per heavy atom. The number of fused-ring (bicyclic) bond motifs is 1. The maximum Gasteiger partial charge on any atom is 0.335 e. The molecule has 0 aliphatic heterocycles. The molecule has 0 spiro atoms. The van der Waals surface area contributed by atoms with E-state index >= 15 is 0 Å². The number of aromatic carboxylic acids is 1. The summed E-state index contributed by atoms with van der Waals surface area (Å²) in [5.74, 6) is -1.79. The lowest BCUT2D eigenvalue weighted by molar-refractivity contribution is -0.151. The molecule has 0 unspecified atom stereocenters. The number of carbonyl (C=O) groups excluding carboxylic acids is 1. The zero-order valence-corrected chi connectivity index (χ0v) is 19.3. The minimum atomic E-state index is -0.949. The lowest BCUT2D eigenvalue weighted by Gasteiger charge is -2.32. The molecule has 0 radical (unpaired) electrons. The highest BCUT2D eigenvalue weighted by Gasteiger charge is 2.43. The third-order valence-corrected chi connectivity index (χ3v) is 6.91. The number of carbonyl (C=O) groups is 3. The molecule has 0 aromatic heterocycles. The second-order valence-electron chi connectivity index (χ2n) is 9.17. The van der Waals surface area contributed by atoms with Gasteiger partial charge in [-0.25, -0.2) is 4.79 Å². The third kappa shape index (κ3) is 4.81. The number of carboxylic acid groups (broad SMARTS) is 2. The number of hydrogen-bond acceptors (Lipinski definition) is 3. The van der Waals surface area contributed by atoms with Crippen molar-refractivity contribution in [3.8, 4) is 11.1 Å². The molecule has 6 nitrogen and oxygen atoms in total. The summed E-state index contributed by atoms with van der Waals surface area (Å²) < 4.78 is 0. The Bertz CT molecular complexity index is 1230. The van der Waals surface area contributed by atoms with Gasteiger partial charge in [-0.2, -0.15) is 0 Å². The van der Waals surface area contributed by atoms with Gasteiger partial charge in [0.1, 0.15) is 0 Å². The first-order valence-corrected chi connectivity index (χ1v) is 11.7. The molecule has 1 amide bonds. The van der Waals surface area contributed by atoms with E-state index in [2.05, 4.69) is 6.07 Å². The Morgan fingerprint density at radius 1 is 0.853 bits per heavy atom. The third-order valence-electron chi connectivity index (χ3n) is 6.91. The van der Waals surface area contributed by atoms with Crippen LogP contribution in [0.2, 0.25) is 0 Å². The molecule has 2 N–H and O–H groups in total. The molecule has 3 aromatic rings. The second kappa shape index (κ2) is 9.67. The summed E-state index contributed by atoms with van der Waals surface area (Å²) in [5, 5.41) is 21.0. The quantitative estimate of drug-likeness (QED) is 0.458. The normalized spacial score (nSPS) is 14.7. The van der Waals surface area contributed by atoms with Gasteiger partial charge in [0.2, 0.25) is 5.91 Å². The topological polar surface area (TPSA) is 94.9 Å². The molecule has 1 saturated carbocycles. The van der Waals surface area contributed by atoms with E-state index in [1.807, 2.05) is 37.3 Å². The highest BCUT2D eigenvalue weighted by atomic mass is 16.4. The van der Waals surface area contributed by atoms with Crippen LogP contribution in [0.15, 0.2) is 60.7 Å². The van der Waals surface area contributed by atoms with Crippen LogP contribution >= 0.6 is 0 Å². The van der Waals surface area contributed by atoms with E-state index in [9.17, 15) is 19.5 Å². The molecule has 6 heteroatoms. The minimum Gasteiger partial charge on any atom is -0.481 e. The molecule has 1 aliphatic rings. The fraction of sp³-hybridized carbons (Fsp3) is 0.321. The summed E-state index contributed by atoms with van der Waals surface area (Å²) in [5.41, 5.74) is 2.30. The number of amides is 1. The van der Waals surface area contributed by atoms with Crippen LogP contribution in [0.25, 0.3) is 21.9 Å². The number of carboxylic acids is 2. The molecule has 0 atom stereocenters. The van der Waals surface area contributed by atoms with Crippen molar-refractivity contribution in [3.05, 3.63) is 71.8 Å². The van der Waals surface area contributed by atoms with Gasteiger partial charge in [-0.3, -0.25) is 9.59 Å². The number of benzene rings is 3. The molecule has 4 rings (SSSR count). The van der Waals surface area contributed by atoms with Crippen molar-refractivity contribution in [1.82, 2.24) is 4.90 Å². The summed E-state index contributed by atoms with van der Waals surface area (Å²) >= 11 is 0. The van der Waals surface area contributed by atoms with E-state index in [4.69, 9.17) is 5.11 Å². The summed E-state index contributed by atoms with van der Waals surface area (Å²) in [6.45, 7) is 2.44. The van der Waals surface area contributed by atoms with Crippen LogP contribution < -0.4 is 0 Å². The molecule has 3 aromatic carbocycles. The monoisotopic (exact) mass is 459 g/mol. The van der Waals surface area contributed by atoms with Crippen LogP contribution in [0, 0.1) is 5.41 Å². The van der Waals surface area contributed by atoms with Gasteiger partial charge in [-0.05, 0) is 64.6 Å². The average molecular weight is 460 g/mol. The van der Waals surface area contributed by atoms with E-state index in [-0.39, 0.29) is 18.0 Å². The molecule has 176 valence electrons. The number of hydrogen-bond donors (Lipinski definition) is 2. The standard InChI is InChI=1S/C28H29NO5/c1-2-25(30)29(18-28(27(33)34)13-3-4-14-28)17-19-5-6-24-16-23(12-11-22(24)15-19)20-7-9-21(10-8-20)26(31)32/h5-12,15-16H,2-4,13-14,17-18H2,1H3,(H,31,32)(H,33,34). The van der Waals surface area contributed by atoms with Crippen LogP contribution in [0.4, 0.5) is 0 Å². The fourth-order valence-corrected chi connectivity index (χ4v) is 4.91. The first kappa shape index (κ1) is 23.5. The molecule has 0 heterocycles. The molecule has 0 saturated heterocycles. The molecule has 34 heavy (non-hydrogen) atoms. The smallest absolute Gasteiger partial charge is 0.335 e. The molecular weight excluding hydrogens is 430 g/mol. The van der Waals surface area contributed by atoms with Crippen molar-refractivity contribution in [1.29, 1.82) is 0 Å². The summed E-state index contributed by atoms with van der Waals surface area (Å²) in [6, 6.07) is 18.9. The van der Waals surface area contributed by atoms with Gasteiger partial charge in [0.25, 0.3) is 0 Å². The number of aliphatic carboxylic acids is 1. The Hall–Kier alpha value is -3.67. The van der Waals surface area contributed by atoms with Gasteiger partial charge in [-0.15, -0.1) is 0 Å². The SMILES string of the molecule is CCC(=O)N(Cc1ccc2cc(-c3ccc(C(=O)O)cc3)ccc2c1)CC1(C(=O)O)CCCC1. The zero-order chi connectivity index (χ0) is 24.3. The van der Waals surface area contributed by atoms with Gasteiger partial charge in [0, 0.05) is 19.5 Å². The van der Waals surface area contributed by atoms with Crippen molar-refractivity contribution in [3.63, 3.8) is 0 Å². The number of rotatable bonds is 8. The average Bonchev–Trinajstić information content (AvgIpc) is 3.33. The van der Waals surface area contributed by atoms with Gasteiger partial charge in [0.05, 0.1) is 11.0 Å². The van der Waals surface area contributed by atoms with Crippen LogP contribution in [-0.2, 0) is 16.1 Å². The predicted octanol–water partition coefficient (Wildman–Crippen LogP) is 5.59. The predicted molar refractivity (Wildman–Crippen MR) is 131 cm³/mol. The van der Waals surface area contributed by atoms with Crippen molar-refractivity contribution in [2.45, 2.75) is 45.6 Å². The second-order valence-corrected chi connectivity index (χ2v) is 9.17. The Labute approximate surface area is 198 Å². The van der Waals surface area contributed by atoms with Gasteiger partial charge < -0.3 is 15.1 Å². The van der Waals surface area contributed by atoms with Crippen LogP contribution in [0.3, 0.4) is 0 Å². The van der Waals surface area contributed by atoms with Crippen LogP contribution in [-0.4, -0.2) is 39.5 Å². The molecule has 1 fully saturated rings. The largest absolute Gasteiger partial charge is 0.481 e. The van der Waals surface area contributed by atoms with E-state index < -0.39 is 17.4 Å². The van der Waals surface area contributed by atoms with Gasteiger partial charge in [-0.1, -0.05) is 56.2 Å². The lowest BCUT2D eigenvalue weighted by atomic mass is 9.85. The van der Waals surface area contributed by atoms with E-state index in [1.165, 1.54) is 0 Å². The van der Waals surface area contributed by atoms with Crippen molar-refractivity contribution in [2.24, 2.45) is 5.41 Å². The van der Waals surface area contributed by atoms with Crippen molar-refractivity contribution >= 4 is 28.6 Å². The lowest BCUT2D eigenvalue weighted by Crippen LogP contribution is -2.43. The maximum absolute atomic E-state index is 12.7. The highest BCUT2D eigenvalue weighted by molar-refractivity contribution is 5.90. The van der Waals surface area contributed by atoms with Gasteiger partial charge in [0.15, 0.2) is 0 Å². The first-order chi connectivity index (χ1) is 16.3. The summed E-state index contributed by atoms with van der Waals surface area (Å²) in [7, 11) is 0.